The van der Waals surface area contributed by atoms with E-state index in [4.69, 9.17) is 4.74 Å². The predicted octanol–water partition coefficient (Wildman–Crippen LogP) is 3.74. The summed E-state index contributed by atoms with van der Waals surface area (Å²) in [7, 11) is 1.81. The van der Waals surface area contributed by atoms with Crippen molar-refractivity contribution < 1.29 is 4.74 Å². The van der Waals surface area contributed by atoms with Crippen molar-refractivity contribution in [1.82, 2.24) is 25.8 Å². The van der Waals surface area contributed by atoms with Crippen LogP contribution in [0, 0.1) is 5.41 Å². The minimum atomic E-state index is 0. The number of ether oxygens (including phenoxy) is 1. The van der Waals surface area contributed by atoms with Crippen molar-refractivity contribution in [3.8, 4) is 11.4 Å². The zero-order valence-corrected chi connectivity index (χ0v) is 20.1. The molecule has 3 rings (SSSR count). The van der Waals surface area contributed by atoms with Crippen molar-refractivity contribution in [2.24, 2.45) is 10.4 Å². The number of nitrogens with zero attached hydrogens (tertiary/aromatic N) is 3. The molecule has 1 aliphatic carbocycles. The number of hydrogen-bond donors (Lipinski definition) is 3. The SMILES string of the molecule is CCCCOC1CC(NC(=NC)NCc2cccc(-c3ncn[nH]3)c2)C1(C)C.I. The summed E-state index contributed by atoms with van der Waals surface area (Å²) in [6, 6.07) is 8.59. The van der Waals surface area contributed by atoms with Crippen LogP contribution >= 0.6 is 24.0 Å². The molecule has 3 N–H and O–H groups in total. The van der Waals surface area contributed by atoms with E-state index < -0.39 is 0 Å². The highest BCUT2D eigenvalue weighted by molar-refractivity contribution is 14.0. The summed E-state index contributed by atoms with van der Waals surface area (Å²) in [5, 5.41) is 13.8. The average molecular weight is 512 g/mol. The molecule has 0 amide bonds. The average Bonchev–Trinajstić information content (AvgIpc) is 3.24. The number of unbranched alkanes of at least 4 members (excludes halogenated alkanes) is 1. The molecule has 0 radical (unpaired) electrons. The Hall–Kier alpha value is -1.68. The Balaban J connectivity index is 0.00000300. The van der Waals surface area contributed by atoms with E-state index in [2.05, 4.69) is 63.7 Å². The van der Waals surface area contributed by atoms with Crippen LogP contribution in [0.1, 0.15) is 45.6 Å². The number of nitrogens with one attached hydrogen (secondary N) is 3. The molecule has 1 aromatic carbocycles. The molecule has 7 nitrogen and oxygen atoms in total. The predicted molar refractivity (Wildman–Crippen MR) is 127 cm³/mol. The van der Waals surface area contributed by atoms with Crippen LogP contribution in [0.4, 0.5) is 0 Å². The minimum absolute atomic E-state index is 0. The van der Waals surface area contributed by atoms with Crippen LogP contribution < -0.4 is 10.6 Å². The number of halogens is 1. The van der Waals surface area contributed by atoms with E-state index in [9.17, 15) is 0 Å². The van der Waals surface area contributed by atoms with Gasteiger partial charge in [-0.1, -0.05) is 45.4 Å². The van der Waals surface area contributed by atoms with E-state index in [1.807, 2.05) is 12.1 Å². The normalized spacial score (nSPS) is 20.5. The van der Waals surface area contributed by atoms with Gasteiger partial charge in [-0.15, -0.1) is 24.0 Å². The van der Waals surface area contributed by atoms with Gasteiger partial charge in [0.2, 0.25) is 0 Å². The Labute approximate surface area is 190 Å². The topological polar surface area (TPSA) is 87.2 Å². The van der Waals surface area contributed by atoms with Crippen molar-refractivity contribution in [3.63, 3.8) is 0 Å². The fourth-order valence-electron chi connectivity index (χ4n) is 3.50. The van der Waals surface area contributed by atoms with E-state index >= 15 is 0 Å². The summed E-state index contributed by atoms with van der Waals surface area (Å²) >= 11 is 0. The van der Waals surface area contributed by atoms with Gasteiger partial charge in [0.05, 0.1) is 6.10 Å². The lowest BCUT2D eigenvalue weighted by atomic mass is 9.64. The summed E-state index contributed by atoms with van der Waals surface area (Å²) in [6.07, 6.45) is 5.14. The zero-order valence-electron chi connectivity index (χ0n) is 17.7. The fraction of sp³-hybridized carbons (Fsp3) is 0.571. The maximum Gasteiger partial charge on any atom is 0.191 e. The van der Waals surface area contributed by atoms with Crippen LogP contribution in [-0.2, 0) is 11.3 Å². The molecule has 1 fully saturated rings. The minimum Gasteiger partial charge on any atom is -0.378 e. The molecule has 0 saturated heterocycles. The number of aromatic amines is 1. The number of guanidine groups is 1. The summed E-state index contributed by atoms with van der Waals surface area (Å²) in [6.45, 7) is 8.26. The van der Waals surface area contributed by atoms with Crippen molar-refractivity contribution in [3.05, 3.63) is 36.2 Å². The number of H-pyrrole nitrogens is 1. The molecule has 0 spiro atoms. The van der Waals surface area contributed by atoms with Gasteiger partial charge in [-0.3, -0.25) is 10.1 Å². The molecule has 0 bridgehead atoms. The third-order valence-electron chi connectivity index (χ3n) is 5.60. The Bertz CT molecular complexity index is 777. The molecule has 1 aromatic heterocycles. The van der Waals surface area contributed by atoms with Crippen molar-refractivity contribution in [2.45, 2.75) is 58.7 Å². The summed E-state index contributed by atoms with van der Waals surface area (Å²) in [5.41, 5.74) is 2.27. The Morgan fingerprint density at radius 2 is 2.21 bits per heavy atom. The van der Waals surface area contributed by atoms with Crippen molar-refractivity contribution in [2.75, 3.05) is 13.7 Å². The second-order valence-corrected chi connectivity index (χ2v) is 7.93. The number of benzene rings is 1. The third kappa shape index (κ3) is 5.91. The highest BCUT2D eigenvalue weighted by Crippen LogP contribution is 2.42. The molecule has 1 aliphatic rings. The van der Waals surface area contributed by atoms with Gasteiger partial charge in [-0.25, -0.2) is 4.98 Å². The van der Waals surface area contributed by atoms with Gasteiger partial charge in [0.25, 0.3) is 0 Å². The Kier molecular flexibility index (Phi) is 8.88. The van der Waals surface area contributed by atoms with E-state index in [-0.39, 0.29) is 29.4 Å². The molecule has 160 valence electrons. The van der Waals surface area contributed by atoms with Gasteiger partial charge in [0.1, 0.15) is 6.33 Å². The monoisotopic (exact) mass is 512 g/mol. The van der Waals surface area contributed by atoms with Gasteiger partial charge in [0, 0.05) is 37.2 Å². The molecule has 1 saturated carbocycles. The third-order valence-corrected chi connectivity index (χ3v) is 5.60. The largest absolute Gasteiger partial charge is 0.378 e. The first-order valence-electron chi connectivity index (χ1n) is 10.1. The van der Waals surface area contributed by atoms with Crippen LogP contribution in [-0.4, -0.2) is 46.9 Å². The van der Waals surface area contributed by atoms with Gasteiger partial charge >= 0.3 is 0 Å². The maximum atomic E-state index is 6.04. The van der Waals surface area contributed by atoms with Crippen LogP contribution in [0.2, 0.25) is 0 Å². The summed E-state index contributed by atoms with van der Waals surface area (Å²) in [4.78, 5) is 8.60. The lowest BCUT2D eigenvalue weighted by Gasteiger charge is -2.52. The summed E-state index contributed by atoms with van der Waals surface area (Å²) < 4.78 is 6.04. The van der Waals surface area contributed by atoms with Gasteiger partial charge in [-0.2, -0.15) is 5.10 Å². The zero-order chi connectivity index (χ0) is 20.0. The van der Waals surface area contributed by atoms with Gasteiger partial charge < -0.3 is 15.4 Å². The van der Waals surface area contributed by atoms with Crippen LogP contribution in [0.15, 0.2) is 35.6 Å². The quantitative estimate of drug-likeness (QED) is 0.217. The van der Waals surface area contributed by atoms with Gasteiger partial charge in [-0.05, 0) is 24.5 Å². The number of aliphatic imine (C=N–C) groups is 1. The molecular formula is C21H33IN6O. The second-order valence-electron chi connectivity index (χ2n) is 7.93. The van der Waals surface area contributed by atoms with E-state index in [1.165, 1.54) is 12.7 Å². The molecule has 2 unspecified atom stereocenters. The molecule has 1 heterocycles. The molecule has 8 heteroatoms. The maximum absolute atomic E-state index is 6.04. The molecule has 2 aromatic rings. The second kappa shape index (κ2) is 10.9. The standard InChI is InChI=1S/C21H32N6O.HI/c1-5-6-10-28-18-12-17(21(18,2)3)26-20(22-4)23-13-15-8-7-9-16(11-15)19-24-14-25-27-19;/h7-9,11,14,17-18H,5-6,10,12-13H2,1-4H3,(H2,22,23,26)(H,24,25,27);1H. The van der Waals surface area contributed by atoms with E-state index in [0.29, 0.717) is 18.7 Å². The van der Waals surface area contributed by atoms with Crippen molar-refractivity contribution >= 4 is 29.9 Å². The highest BCUT2D eigenvalue weighted by Gasteiger charge is 2.49. The van der Waals surface area contributed by atoms with E-state index in [1.54, 1.807) is 7.05 Å². The summed E-state index contributed by atoms with van der Waals surface area (Å²) in [5.74, 6) is 1.59. The lowest BCUT2D eigenvalue weighted by Crippen LogP contribution is -2.63. The van der Waals surface area contributed by atoms with Crippen LogP contribution in [0.25, 0.3) is 11.4 Å². The van der Waals surface area contributed by atoms with Crippen LogP contribution in [0.5, 0.6) is 0 Å². The first kappa shape index (κ1) is 23.6. The van der Waals surface area contributed by atoms with Crippen LogP contribution in [0.3, 0.4) is 0 Å². The molecule has 29 heavy (non-hydrogen) atoms. The smallest absolute Gasteiger partial charge is 0.191 e. The molecular weight excluding hydrogens is 479 g/mol. The van der Waals surface area contributed by atoms with Crippen molar-refractivity contribution in [1.29, 1.82) is 0 Å². The first-order chi connectivity index (χ1) is 13.5. The van der Waals surface area contributed by atoms with E-state index in [0.717, 1.165) is 42.4 Å². The first-order valence-corrected chi connectivity index (χ1v) is 10.1. The number of rotatable bonds is 8. The number of hydrogen-bond acceptors (Lipinski definition) is 4. The molecule has 2 atom stereocenters. The highest BCUT2D eigenvalue weighted by atomic mass is 127. The Morgan fingerprint density at radius 1 is 1.38 bits per heavy atom. The van der Waals surface area contributed by atoms with Gasteiger partial charge in [0.15, 0.2) is 11.8 Å². The lowest BCUT2D eigenvalue weighted by molar-refractivity contribution is -0.113. The Morgan fingerprint density at radius 3 is 2.86 bits per heavy atom. The number of aromatic nitrogens is 3. The molecule has 0 aliphatic heterocycles. The fourth-order valence-corrected chi connectivity index (χ4v) is 3.50.